The van der Waals surface area contributed by atoms with Crippen LogP contribution in [0.2, 0.25) is 0 Å². The molecule has 2 aromatic rings. The SMILES string of the molecule is Cn1cc(-c2ccc(CC(C#N)NC(=O)C3(N)CCCCCC3)cc2)ccc1=O. The minimum Gasteiger partial charge on any atom is -0.338 e. The van der Waals surface area contributed by atoms with Crippen LogP contribution in [0.3, 0.4) is 0 Å². The fraction of sp³-hybridized carbons (Fsp3) is 0.435. The van der Waals surface area contributed by atoms with Crippen LogP contribution in [0.1, 0.15) is 44.1 Å². The van der Waals surface area contributed by atoms with Crippen molar-refractivity contribution in [1.82, 2.24) is 9.88 Å². The number of nitriles is 1. The van der Waals surface area contributed by atoms with Crippen LogP contribution >= 0.6 is 0 Å². The molecule has 0 aliphatic heterocycles. The lowest BCUT2D eigenvalue weighted by Crippen LogP contribution is -2.56. The Hall–Kier alpha value is -2.91. The molecule has 1 aliphatic rings. The molecule has 29 heavy (non-hydrogen) atoms. The Morgan fingerprint density at radius 2 is 1.76 bits per heavy atom. The van der Waals surface area contributed by atoms with E-state index in [1.807, 2.05) is 24.3 Å². The summed E-state index contributed by atoms with van der Waals surface area (Å²) < 4.78 is 1.54. The molecule has 1 heterocycles. The maximum absolute atomic E-state index is 12.7. The number of rotatable bonds is 5. The number of carbonyl (C=O) groups excluding carboxylic acids is 1. The number of nitrogens with zero attached hydrogens (tertiary/aromatic N) is 2. The fourth-order valence-corrected chi connectivity index (χ4v) is 3.85. The van der Waals surface area contributed by atoms with Crippen LogP contribution < -0.4 is 16.6 Å². The zero-order chi connectivity index (χ0) is 20.9. The molecule has 1 aromatic heterocycles. The van der Waals surface area contributed by atoms with E-state index >= 15 is 0 Å². The van der Waals surface area contributed by atoms with Crippen LogP contribution in [0.5, 0.6) is 0 Å². The normalized spacial score (nSPS) is 17.0. The van der Waals surface area contributed by atoms with E-state index in [0.717, 1.165) is 42.4 Å². The molecule has 1 aliphatic carbocycles. The first-order valence-corrected chi connectivity index (χ1v) is 10.2. The zero-order valence-corrected chi connectivity index (χ0v) is 16.9. The molecule has 1 unspecified atom stereocenters. The molecular weight excluding hydrogens is 364 g/mol. The van der Waals surface area contributed by atoms with Crippen molar-refractivity contribution in [2.75, 3.05) is 0 Å². The van der Waals surface area contributed by atoms with Crippen LogP contribution in [0.25, 0.3) is 11.1 Å². The third kappa shape index (κ3) is 5.12. The van der Waals surface area contributed by atoms with Crippen LogP contribution in [0, 0.1) is 11.3 Å². The predicted molar refractivity (Wildman–Crippen MR) is 113 cm³/mol. The number of nitrogens with two attached hydrogens (primary N) is 1. The summed E-state index contributed by atoms with van der Waals surface area (Å²) in [7, 11) is 1.72. The molecular formula is C23H28N4O2. The summed E-state index contributed by atoms with van der Waals surface area (Å²) >= 11 is 0. The number of aromatic nitrogens is 1. The summed E-state index contributed by atoms with van der Waals surface area (Å²) in [6.07, 6.45) is 7.68. The van der Waals surface area contributed by atoms with Gasteiger partial charge in [-0.25, -0.2) is 0 Å². The molecule has 3 N–H and O–H groups in total. The number of aryl methyl sites for hydroxylation is 1. The first kappa shape index (κ1) is 20.8. The number of pyridine rings is 1. The Labute approximate surface area is 171 Å². The van der Waals surface area contributed by atoms with Gasteiger partial charge in [-0.3, -0.25) is 9.59 Å². The molecule has 152 valence electrons. The van der Waals surface area contributed by atoms with Crippen molar-refractivity contribution in [3.63, 3.8) is 0 Å². The molecule has 3 rings (SSSR count). The van der Waals surface area contributed by atoms with Crippen LogP contribution in [-0.4, -0.2) is 22.1 Å². The van der Waals surface area contributed by atoms with Crippen molar-refractivity contribution in [2.45, 2.75) is 56.5 Å². The molecule has 1 aromatic carbocycles. The van der Waals surface area contributed by atoms with Crippen molar-refractivity contribution in [2.24, 2.45) is 12.8 Å². The van der Waals surface area contributed by atoms with E-state index in [2.05, 4.69) is 11.4 Å². The highest BCUT2D eigenvalue weighted by Gasteiger charge is 2.35. The van der Waals surface area contributed by atoms with Gasteiger partial charge in [-0.15, -0.1) is 0 Å². The van der Waals surface area contributed by atoms with E-state index in [4.69, 9.17) is 5.73 Å². The van der Waals surface area contributed by atoms with Crippen molar-refractivity contribution in [3.8, 4) is 17.2 Å². The minimum atomic E-state index is -0.862. The Balaban J connectivity index is 1.66. The highest BCUT2D eigenvalue weighted by molar-refractivity contribution is 5.86. The highest BCUT2D eigenvalue weighted by Crippen LogP contribution is 2.25. The van der Waals surface area contributed by atoms with Gasteiger partial charge in [0.15, 0.2) is 0 Å². The lowest BCUT2D eigenvalue weighted by Gasteiger charge is -2.28. The second-order valence-electron chi connectivity index (χ2n) is 7.99. The lowest BCUT2D eigenvalue weighted by molar-refractivity contribution is -0.127. The average molecular weight is 393 g/mol. The number of amides is 1. The summed E-state index contributed by atoms with van der Waals surface area (Å²) in [5.74, 6) is -0.215. The highest BCUT2D eigenvalue weighted by atomic mass is 16.2. The Kier molecular flexibility index (Phi) is 6.50. The molecule has 0 radical (unpaired) electrons. The average Bonchev–Trinajstić information content (AvgIpc) is 2.95. The summed E-state index contributed by atoms with van der Waals surface area (Å²) in [5.41, 5.74) is 8.34. The molecule has 1 atom stereocenters. The maximum atomic E-state index is 12.7. The van der Waals surface area contributed by atoms with E-state index in [0.29, 0.717) is 19.3 Å². The first-order chi connectivity index (χ1) is 13.9. The number of hydrogen-bond acceptors (Lipinski definition) is 4. The Bertz CT molecular complexity index is 948. The molecule has 0 saturated heterocycles. The van der Waals surface area contributed by atoms with Gasteiger partial charge in [0.1, 0.15) is 6.04 Å². The van der Waals surface area contributed by atoms with Gasteiger partial charge in [0.05, 0.1) is 11.6 Å². The molecule has 1 saturated carbocycles. The van der Waals surface area contributed by atoms with E-state index in [-0.39, 0.29) is 11.5 Å². The van der Waals surface area contributed by atoms with Crippen molar-refractivity contribution in [1.29, 1.82) is 5.26 Å². The van der Waals surface area contributed by atoms with Gasteiger partial charge >= 0.3 is 0 Å². The van der Waals surface area contributed by atoms with Gasteiger partial charge in [0, 0.05) is 25.7 Å². The van der Waals surface area contributed by atoms with Gasteiger partial charge in [-0.2, -0.15) is 5.26 Å². The minimum absolute atomic E-state index is 0.0516. The molecule has 1 amide bonds. The van der Waals surface area contributed by atoms with Crippen molar-refractivity contribution in [3.05, 3.63) is 58.5 Å². The second kappa shape index (κ2) is 9.06. The topological polar surface area (TPSA) is 101 Å². The smallest absolute Gasteiger partial charge is 0.250 e. The van der Waals surface area contributed by atoms with Gasteiger partial charge < -0.3 is 15.6 Å². The van der Waals surface area contributed by atoms with Crippen LogP contribution in [-0.2, 0) is 18.3 Å². The van der Waals surface area contributed by atoms with Crippen molar-refractivity contribution >= 4 is 5.91 Å². The third-order valence-corrected chi connectivity index (χ3v) is 5.72. The van der Waals surface area contributed by atoms with E-state index in [9.17, 15) is 14.9 Å². The quantitative estimate of drug-likeness (QED) is 0.764. The number of hydrogen-bond donors (Lipinski definition) is 2. The van der Waals surface area contributed by atoms with Gasteiger partial charge in [-0.1, -0.05) is 49.9 Å². The molecule has 0 spiro atoms. The number of carbonyl (C=O) groups is 1. The summed E-state index contributed by atoms with van der Waals surface area (Å²) in [5, 5.41) is 12.4. The number of benzene rings is 1. The van der Waals surface area contributed by atoms with Gasteiger partial charge in [-0.05, 0) is 35.6 Å². The standard InChI is InChI=1S/C23H28N4O2/c1-27-16-19(10-11-21(27)28)18-8-6-17(7-9-18)14-20(15-24)26-22(29)23(25)12-4-2-3-5-13-23/h6-11,16,20H,2-5,12-14,25H2,1H3,(H,26,29). The fourth-order valence-electron chi connectivity index (χ4n) is 3.85. The zero-order valence-electron chi connectivity index (χ0n) is 16.9. The Morgan fingerprint density at radius 1 is 1.14 bits per heavy atom. The first-order valence-electron chi connectivity index (χ1n) is 10.2. The molecule has 1 fully saturated rings. The molecule has 0 bridgehead atoms. The largest absolute Gasteiger partial charge is 0.338 e. The van der Waals surface area contributed by atoms with Crippen LogP contribution in [0.15, 0.2) is 47.4 Å². The van der Waals surface area contributed by atoms with Gasteiger partial charge in [0.2, 0.25) is 11.5 Å². The Morgan fingerprint density at radius 3 is 2.34 bits per heavy atom. The molecule has 6 nitrogen and oxygen atoms in total. The number of nitrogens with one attached hydrogen (secondary N) is 1. The summed E-state index contributed by atoms with van der Waals surface area (Å²) in [6, 6.07) is 12.7. The summed E-state index contributed by atoms with van der Waals surface area (Å²) in [4.78, 5) is 24.3. The second-order valence-corrected chi connectivity index (χ2v) is 7.99. The predicted octanol–water partition coefficient (Wildman–Crippen LogP) is 2.65. The molecule has 6 heteroatoms. The maximum Gasteiger partial charge on any atom is 0.250 e. The van der Waals surface area contributed by atoms with Crippen LogP contribution in [0.4, 0.5) is 0 Å². The summed E-state index contributed by atoms with van der Waals surface area (Å²) in [6.45, 7) is 0. The van der Waals surface area contributed by atoms with Crippen molar-refractivity contribution < 1.29 is 4.79 Å². The van der Waals surface area contributed by atoms with E-state index in [1.165, 1.54) is 0 Å². The van der Waals surface area contributed by atoms with Gasteiger partial charge in [0.25, 0.3) is 0 Å². The van der Waals surface area contributed by atoms with E-state index in [1.54, 1.807) is 29.9 Å². The third-order valence-electron chi connectivity index (χ3n) is 5.72. The van der Waals surface area contributed by atoms with E-state index < -0.39 is 11.6 Å². The monoisotopic (exact) mass is 392 g/mol. The lowest BCUT2D eigenvalue weighted by atomic mass is 9.90.